The first kappa shape index (κ1) is 15.8. The van der Waals surface area contributed by atoms with Gasteiger partial charge in [0.05, 0.1) is 37.4 Å². The van der Waals surface area contributed by atoms with Crippen molar-refractivity contribution in [2.75, 3.05) is 26.3 Å². The number of ether oxygens (including phenoxy) is 1. The Morgan fingerprint density at radius 1 is 1.24 bits per heavy atom. The van der Waals surface area contributed by atoms with Crippen molar-refractivity contribution in [2.24, 2.45) is 5.92 Å². The molecule has 1 atom stereocenters. The lowest BCUT2D eigenvalue weighted by molar-refractivity contribution is 0.0736. The highest BCUT2D eigenvalue weighted by Gasteiger charge is 2.24. The molecular formula is C19H19N3O3. The third-order valence-electron chi connectivity index (χ3n) is 4.55. The zero-order valence-corrected chi connectivity index (χ0v) is 13.8. The SMILES string of the molecule is O=C(c1ccnnc1)N1CCOC[C@H](Cc2cccc3occc23)C1. The van der Waals surface area contributed by atoms with Gasteiger partial charge in [0, 0.05) is 24.4 Å². The lowest BCUT2D eigenvalue weighted by Gasteiger charge is -2.23. The molecule has 128 valence electrons. The van der Waals surface area contributed by atoms with E-state index in [9.17, 15) is 4.79 Å². The summed E-state index contributed by atoms with van der Waals surface area (Å²) in [6.45, 7) is 2.45. The minimum absolute atomic E-state index is 0.0214. The van der Waals surface area contributed by atoms with Gasteiger partial charge in [-0.1, -0.05) is 12.1 Å². The molecule has 0 radical (unpaired) electrons. The van der Waals surface area contributed by atoms with E-state index in [2.05, 4.69) is 16.3 Å². The molecule has 1 aliphatic heterocycles. The molecule has 25 heavy (non-hydrogen) atoms. The number of rotatable bonds is 3. The van der Waals surface area contributed by atoms with E-state index < -0.39 is 0 Å². The molecule has 3 heterocycles. The highest BCUT2D eigenvalue weighted by Crippen LogP contribution is 2.24. The highest BCUT2D eigenvalue weighted by molar-refractivity contribution is 5.93. The Kier molecular flexibility index (Phi) is 4.43. The van der Waals surface area contributed by atoms with Gasteiger partial charge in [0.25, 0.3) is 5.91 Å². The third-order valence-corrected chi connectivity index (χ3v) is 4.55. The summed E-state index contributed by atoms with van der Waals surface area (Å²) < 4.78 is 11.2. The number of hydrogen-bond acceptors (Lipinski definition) is 5. The number of fused-ring (bicyclic) bond motifs is 1. The van der Waals surface area contributed by atoms with Crippen molar-refractivity contribution in [3.8, 4) is 0 Å². The van der Waals surface area contributed by atoms with Crippen molar-refractivity contribution in [1.29, 1.82) is 0 Å². The average Bonchev–Trinajstić information content (AvgIpc) is 3.02. The van der Waals surface area contributed by atoms with Gasteiger partial charge < -0.3 is 14.1 Å². The summed E-state index contributed by atoms with van der Waals surface area (Å²) in [5.41, 5.74) is 2.68. The van der Waals surface area contributed by atoms with Crippen molar-refractivity contribution in [3.63, 3.8) is 0 Å². The van der Waals surface area contributed by atoms with Gasteiger partial charge in [-0.3, -0.25) is 4.79 Å². The van der Waals surface area contributed by atoms with Crippen molar-refractivity contribution in [3.05, 3.63) is 60.1 Å². The number of aromatic nitrogens is 2. The molecule has 1 saturated heterocycles. The first-order valence-corrected chi connectivity index (χ1v) is 8.40. The minimum Gasteiger partial charge on any atom is -0.464 e. The van der Waals surface area contributed by atoms with Crippen LogP contribution < -0.4 is 0 Å². The Morgan fingerprint density at radius 3 is 3.08 bits per heavy atom. The van der Waals surface area contributed by atoms with Gasteiger partial charge >= 0.3 is 0 Å². The van der Waals surface area contributed by atoms with Crippen molar-refractivity contribution in [2.45, 2.75) is 6.42 Å². The number of carbonyl (C=O) groups is 1. The molecule has 1 amide bonds. The third kappa shape index (κ3) is 3.39. The fourth-order valence-electron chi connectivity index (χ4n) is 3.33. The van der Waals surface area contributed by atoms with Crippen LogP contribution in [0.4, 0.5) is 0 Å². The van der Waals surface area contributed by atoms with Crippen LogP contribution in [-0.2, 0) is 11.2 Å². The Balaban J connectivity index is 1.52. The largest absolute Gasteiger partial charge is 0.464 e. The Morgan fingerprint density at radius 2 is 2.20 bits per heavy atom. The molecule has 0 spiro atoms. The Bertz CT molecular complexity index is 862. The smallest absolute Gasteiger partial charge is 0.255 e. The summed E-state index contributed by atoms with van der Waals surface area (Å²) in [7, 11) is 0. The van der Waals surface area contributed by atoms with Crippen molar-refractivity contribution >= 4 is 16.9 Å². The number of benzene rings is 1. The molecule has 0 aliphatic carbocycles. The molecule has 1 aliphatic rings. The maximum Gasteiger partial charge on any atom is 0.255 e. The molecule has 6 heteroatoms. The van der Waals surface area contributed by atoms with Gasteiger partial charge in [0.15, 0.2) is 0 Å². The van der Waals surface area contributed by atoms with Gasteiger partial charge in [0.1, 0.15) is 5.58 Å². The van der Waals surface area contributed by atoms with Crippen LogP contribution in [0, 0.1) is 5.92 Å². The first-order valence-electron chi connectivity index (χ1n) is 8.40. The fourth-order valence-corrected chi connectivity index (χ4v) is 3.33. The second-order valence-electron chi connectivity index (χ2n) is 6.28. The normalized spacial score (nSPS) is 18.2. The van der Waals surface area contributed by atoms with E-state index in [0.717, 1.165) is 17.4 Å². The molecule has 6 nitrogen and oxygen atoms in total. The standard InChI is InChI=1S/C19H19N3O3/c23-19(16-4-6-20-21-11-16)22-7-9-24-13-14(12-22)10-15-2-1-3-18-17(15)5-8-25-18/h1-6,8,11,14H,7,9-10,12-13H2/t14-/m1/s1. The maximum absolute atomic E-state index is 12.7. The van der Waals surface area contributed by atoms with E-state index in [1.54, 1.807) is 18.5 Å². The van der Waals surface area contributed by atoms with Gasteiger partial charge in [-0.05, 0) is 30.2 Å². The van der Waals surface area contributed by atoms with Crippen LogP contribution in [-0.4, -0.2) is 47.3 Å². The molecule has 0 N–H and O–H groups in total. The number of amides is 1. The van der Waals surface area contributed by atoms with Crippen molar-refractivity contribution < 1.29 is 13.9 Å². The molecule has 1 fully saturated rings. The van der Waals surface area contributed by atoms with Gasteiger partial charge in [-0.25, -0.2) is 0 Å². The van der Waals surface area contributed by atoms with Crippen LogP contribution in [0.3, 0.4) is 0 Å². The van der Waals surface area contributed by atoms with E-state index in [1.807, 2.05) is 23.1 Å². The molecule has 0 saturated carbocycles. The molecule has 2 aromatic heterocycles. The first-order chi connectivity index (χ1) is 12.3. The van der Waals surface area contributed by atoms with Crippen LogP contribution >= 0.6 is 0 Å². The lowest BCUT2D eigenvalue weighted by atomic mass is 9.97. The van der Waals surface area contributed by atoms with Gasteiger partial charge in [0.2, 0.25) is 0 Å². The lowest BCUT2D eigenvalue weighted by Crippen LogP contribution is -2.36. The molecule has 1 aromatic carbocycles. The monoisotopic (exact) mass is 337 g/mol. The van der Waals surface area contributed by atoms with E-state index in [-0.39, 0.29) is 11.8 Å². The number of nitrogens with zero attached hydrogens (tertiary/aromatic N) is 3. The molecule has 3 aromatic rings. The number of carbonyl (C=O) groups excluding carboxylic acids is 1. The summed E-state index contributed by atoms with van der Waals surface area (Å²) in [6, 6.07) is 9.77. The second kappa shape index (κ2) is 7.03. The zero-order valence-electron chi connectivity index (χ0n) is 13.8. The van der Waals surface area contributed by atoms with Crippen LogP contribution in [0.2, 0.25) is 0 Å². The zero-order chi connectivity index (χ0) is 17.1. The van der Waals surface area contributed by atoms with Crippen LogP contribution in [0.5, 0.6) is 0 Å². The van der Waals surface area contributed by atoms with Gasteiger partial charge in [-0.2, -0.15) is 10.2 Å². The van der Waals surface area contributed by atoms with Gasteiger partial charge in [-0.15, -0.1) is 0 Å². The van der Waals surface area contributed by atoms with E-state index >= 15 is 0 Å². The highest BCUT2D eigenvalue weighted by atomic mass is 16.5. The average molecular weight is 337 g/mol. The van der Waals surface area contributed by atoms with Crippen LogP contribution in [0.25, 0.3) is 11.0 Å². The van der Waals surface area contributed by atoms with E-state index in [0.29, 0.717) is 31.9 Å². The summed E-state index contributed by atoms with van der Waals surface area (Å²) in [6.07, 6.45) is 5.60. The fraction of sp³-hybridized carbons (Fsp3) is 0.316. The number of hydrogen-bond donors (Lipinski definition) is 0. The molecular weight excluding hydrogens is 318 g/mol. The Hall–Kier alpha value is -2.73. The van der Waals surface area contributed by atoms with E-state index in [1.165, 1.54) is 11.8 Å². The quantitative estimate of drug-likeness (QED) is 0.735. The topological polar surface area (TPSA) is 68.5 Å². The maximum atomic E-state index is 12.7. The van der Waals surface area contributed by atoms with Crippen molar-refractivity contribution in [1.82, 2.24) is 15.1 Å². The summed E-state index contributed by atoms with van der Waals surface area (Å²) in [5.74, 6) is 0.216. The number of furan rings is 1. The summed E-state index contributed by atoms with van der Waals surface area (Å²) in [4.78, 5) is 14.6. The second-order valence-corrected chi connectivity index (χ2v) is 6.28. The summed E-state index contributed by atoms with van der Waals surface area (Å²) in [5, 5.41) is 8.66. The molecule has 4 rings (SSSR count). The predicted molar refractivity (Wildman–Crippen MR) is 92.2 cm³/mol. The van der Waals surface area contributed by atoms with Crippen LogP contribution in [0.15, 0.2) is 53.4 Å². The predicted octanol–water partition coefficient (Wildman–Crippen LogP) is 2.55. The molecule has 0 unspecified atom stereocenters. The minimum atomic E-state index is -0.0214. The van der Waals surface area contributed by atoms with E-state index in [4.69, 9.17) is 9.15 Å². The summed E-state index contributed by atoms with van der Waals surface area (Å²) >= 11 is 0. The van der Waals surface area contributed by atoms with Crippen LogP contribution in [0.1, 0.15) is 15.9 Å². The Labute approximate surface area is 145 Å². The molecule has 0 bridgehead atoms.